The molecule has 6 heteroatoms. The maximum absolute atomic E-state index is 11.6. The number of rotatable bonds is 5. The number of hydrogen-bond acceptors (Lipinski definition) is 3. The van der Waals surface area contributed by atoms with Crippen molar-refractivity contribution in [2.45, 2.75) is 18.9 Å². The molecule has 0 atom stereocenters. The zero-order valence-electron chi connectivity index (χ0n) is 10.2. The summed E-state index contributed by atoms with van der Waals surface area (Å²) in [6.45, 7) is 0.490. The van der Waals surface area contributed by atoms with E-state index in [4.69, 9.17) is 33.0 Å². The van der Waals surface area contributed by atoms with Crippen molar-refractivity contribution in [1.82, 2.24) is 5.32 Å². The number of amides is 1. The second-order valence-electron chi connectivity index (χ2n) is 4.66. The van der Waals surface area contributed by atoms with Crippen LogP contribution >= 0.6 is 23.2 Å². The van der Waals surface area contributed by atoms with E-state index in [1.165, 1.54) is 0 Å². The van der Waals surface area contributed by atoms with E-state index >= 15 is 0 Å². The minimum absolute atomic E-state index is 0.0867. The zero-order valence-corrected chi connectivity index (χ0v) is 11.7. The molecule has 104 valence electrons. The smallest absolute Gasteiger partial charge is 0.257 e. The van der Waals surface area contributed by atoms with Crippen LogP contribution in [0.25, 0.3) is 0 Å². The van der Waals surface area contributed by atoms with E-state index in [1.54, 1.807) is 18.2 Å². The number of carbonyl (C=O) groups excluding carboxylic acids is 1. The average Bonchev–Trinajstić information content (AvgIpc) is 2.32. The number of hydrogen-bond donors (Lipinski definition) is 2. The van der Waals surface area contributed by atoms with E-state index in [0.717, 1.165) is 12.8 Å². The summed E-state index contributed by atoms with van der Waals surface area (Å²) in [6.07, 6.45) is 1.31. The van der Waals surface area contributed by atoms with Gasteiger partial charge in [0.2, 0.25) is 0 Å². The van der Waals surface area contributed by atoms with Crippen molar-refractivity contribution >= 4 is 29.1 Å². The highest BCUT2D eigenvalue weighted by atomic mass is 35.5. The average molecular weight is 304 g/mol. The SMILES string of the molecule is O=C(COc1ccc(Cl)cc1Cl)NCC1CC(O)C1. The molecule has 1 fully saturated rings. The third-order valence-corrected chi connectivity index (χ3v) is 3.58. The molecule has 0 saturated heterocycles. The molecule has 0 aromatic heterocycles. The van der Waals surface area contributed by atoms with Crippen molar-refractivity contribution in [3.63, 3.8) is 0 Å². The molecule has 0 aliphatic heterocycles. The van der Waals surface area contributed by atoms with Crippen LogP contribution in [0, 0.1) is 5.92 Å². The molecular weight excluding hydrogens is 289 g/mol. The Balaban J connectivity index is 1.71. The summed E-state index contributed by atoms with van der Waals surface area (Å²) < 4.78 is 5.31. The lowest BCUT2D eigenvalue weighted by molar-refractivity contribution is -0.123. The van der Waals surface area contributed by atoms with E-state index in [0.29, 0.717) is 28.3 Å². The van der Waals surface area contributed by atoms with Crippen LogP contribution in [0.5, 0.6) is 5.75 Å². The number of benzene rings is 1. The number of nitrogens with one attached hydrogen (secondary N) is 1. The van der Waals surface area contributed by atoms with E-state index in [-0.39, 0.29) is 18.6 Å². The number of aliphatic hydroxyl groups is 1. The Hall–Kier alpha value is -0.970. The van der Waals surface area contributed by atoms with Crippen LogP contribution in [0.1, 0.15) is 12.8 Å². The van der Waals surface area contributed by atoms with Crippen molar-refractivity contribution in [2.75, 3.05) is 13.2 Å². The predicted molar refractivity (Wildman–Crippen MR) is 73.7 cm³/mol. The van der Waals surface area contributed by atoms with Crippen LogP contribution in [-0.2, 0) is 4.79 Å². The summed E-state index contributed by atoms with van der Waals surface area (Å²) >= 11 is 11.7. The molecule has 0 heterocycles. The lowest BCUT2D eigenvalue weighted by Gasteiger charge is -2.31. The Morgan fingerprint density at radius 3 is 2.79 bits per heavy atom. The fraction of sp³-hybridized carbons (Fsp3) is 0.462. The maximum Gasteiger partial charge on any atom is 0.257 e. The van der Waals surface area contributed by atoms with E-state index < -0.39 is 0 Å². The second kappa shape index (κ2) is 6.46. The maximum atomic E-state index is 11.6. The highest BCUT2D eigenvalue weighted by Gasteiger charge is 2.27. The van der Waals surface area contributed by atoms with Gasteiger partial charge >= 0.3 is 0 Å². The van der Waals surface area contributed by atoms with Crippen LogP contribution in [-0.4, -0.2) is 30.3 Å². The summed E-state index contributed by atoms with van der Waals surface area (Å²) in [6, 6.07) is 4.84. The first-order chi connectivity index (χ1) is 9.04. The Kier molecular flexibility index (Phi) is 4.91. The predicted octanol–water partition coefficient (Wildman–Crippen LogP) is 2.26. The van der Waals surface area contributed by atoms with Crippen LogP contribution < -0.4 is 10.1 Å². The van der Waals surface area contributed by atoms with Gasteiger partial charge in [-0.05, 0) is 37.0 Å². The summed E-state index contributed by atoms with van der Waals surface area (Å²) in [7, 11) is 0. The van der Waals surface area contributed by atoms with Gasteiger partial charge in [0.1, 0.15) is 5.75 Å². The molecule has 0 spiro atoms. The van der Waals surface area contributed by atoms with Crippen molar-refractivity contribution < 1.29 is 14.6 Å². The van der Waals surface area contributed by atoms with Gasteiger partial charge in [0.05, 0.1) is 11.1 Å². The summed E-state index contributed by atoms with van der Waals surface area (Å²) in [5, 5.41) is 12.8. The third kappa shape index (κ3) is 4.27. The normalized spacial score (nSPS) is 21.6. The summed E-state index contributed by atoms with van der Waals surface area (Å²) in [5.41, 5.74) is 0. The van der Waals surface area contributed by atoms with E-state index in [9.17, 15) is 4.79 Å². The van der Waals surface area contributed by atoms with Gasteiger partial charge in [-0.2, -0.15) is 0 Å². The van der Waals surface area contributed by atoms with Gasteiger partial charge in [-0.25, -0.2) is 0 Å². The van der Waals surface area contributed by atoms with E-state index in [1.807, 2.05) is 0 Å². The number of carbonyl (C=O) groups is 1. The first kappa shape index (κ1) is 14.4. The molecular formula is C13H15Cl2NO3. The van der Waals surface area contributed by atoms with Crippen molar-refractivity contribution in [1.29, 1.82) is 0 Å². The molecule has 0 radical (unpaired) electrons. The quantitative estimate of drug-likeness (QED) is 0.877. The van der Waals surface area contributed by atoms with Gasteiger partial charge in [0.25, 0.3) is 5.91 Å². The first-order valence-electron chi connectivity index (χ1n) is 6.07. The van der Waals surface area contributed by atoms with Crippen LogP contribution in [0.15, 0.2) is 18.2 Å². The monoisotopic (exact) mass is 303 g/mol. The Morgan fingerprint density at radius 2 is 2.16 bits per heavy atom. The fourth-order valence-corrected chi connectivity index (χ4v) is 2.37. The van der Waals surface area contributed by atoms with Gasteiger partial charge in [0.15, 0.2) is 6.61 Å². The van der Waals surface area contributed by atoms with Crippen LogP contribution in [0.2, 0.25) is 10.0 Å². The molecule has 1 aromatic carbocycles. The Morgan fingerprint density at radius 1 is 1.42 bits per heavy atom. The van der Waals surface area contributed by atoms with Gasteiger partial charge < -0.3 is 15.2 Å². The zero-order chi connectivity index (χ0) is 13.8. The molecule has 1 aromatic rings. The van der Waals surface area contributed by atoms with Crippen LogP contribution in [0.4, 0.5) is 0 Å². The molecule has 2 rings (SSSR count). The van der Waals surface area contributed by atoms with Crippen LogP contribution in [0.3, 0.4) is 0 Å². The largest absolute Gasteiger partial charge is 0.482 e. The fourth-order valence-electron chi connectivity index (χ4n) is 1.91. The summed E-state index contributed by atoms with van der Waals surface area (Å²) in [4.78, 5) is 11.6. The number of aliphatic hydroxyl groups excluding tert-OH is 1. The van der Waals surface area contributed by atoms with Gasteiger partial charge in [-0.15, -0.1) is 0 Å². The summed E-state index contributed by atoms with van der Waals surface area (Å²) in [5.74, 6) is 0.603. The Labute approximate surface area is 121 Å². The molecule has 19 heavy (non-hydrogen) atoms. The van der Waals surface area contributed by atoms with Crippen molar-refractivity contribution in [2.24, 2.45) is 5.92 Å². The van der Waals surface area contributed by atoms with Gasteiger partial charge in [-0.1, -0.05) is 23.2 Å². The molecule has 1 amide bonds. The molecule has 1 aliphatic carbocycles. The topological polar surface area (TPSA) is 58.6 Å². The standard InChI is InChI=1S/C13H15Cl2NO3/c14-9-1-2-12(11(15)5-9)19-7-13(18)16-6-8-3-10(17)4-8/h1-2,5,8,10,17H,3-4,6-7H2,(H,16,18). The van der Waals surface area contributed by atoms with E-state index in [2.05, 4.69) is 5.32 Å². The molecule has 0 bridgehead atoms. The molecule has 4 nitrogen and oxygen atoms in total. The highest BCUT2D eigenvalue weighted by molar-refractivity contribution is 6.35. The minimum Gasteiger partial charge on any atom is -0.482 e. The van der Waals surface area contributed by atoms with Gasteiger partial charge in [-0.3, -0.25) is 4.79 Å². The van der Waals surface area contributed by atoms with Crippen molar-refractivity contribution in [3.8, 4) is 5.75 Å². The lowest BCUT2D eigenvalue weighted by atomic mass is 9.82. The number of ether oxygens (including phenoxy) is 1. The second-order valence-corrected chi connectivity index (χ2v) is 5.50. The first-order valence-corrected chi connectivity index (χ1v) is 6.83. The molecule has 0 unspecified atom stereocenters. The molecule has 1 saturated carbocycles. The Bertz CT molecular complexity index is 461. The molecule has 2 N–H and O–H groups in total. The minimum atomic E-state index is -0.203. The number of halogens is 2. The van der Waals surface area contributed by atoms with Gasteiger partial charge in [0, 0.05) is 11.6 Å². The highest BCUT2D eigenvalue weighted by Crippen LogP contribution is 2.27. The van der Waals surface area contributed by atoms with Crippen molar-refractivity contribution in [3.05, 3.63) is 28.2 Å². The third-order valence-electron chi connectivity index (χ3n) is 3.05. The molecule has 1 aliphatic rings. The lowest BCUT2D eigenvalue weighted by Crippen LogP contribution is -2.39.